The van der Waals surface area contributed by atoms with Crippen LogP contribution in [0.4, 0.5) is 0 Å². The molecule has 0 bridgehead atoms. The van der Waals surface area contributed by atoms with Crippen LogP contribution in [0.2, 0.25) is 0 Å². The number of aromatic nitrogens is 4. The van der Waals surface area contributed by atoms with Crippen molar-refractivity contribution >= 4 is 45.5 Å². The Morgan fingerprint density at radius 3 is 2.92 bits per heavy atom. The molecule has 2 aromatic rings. The van der Waals surface area contributed by atoms with Crippen molar-refractivity contribution in [2.45, 2.75) is 0 Å². The lowest BCUT2D eigenvalue weighted by molar-refractivity contribution is -0.532. The molecule has 0 aliphatic rings. The molecule has 0 aliphatic carbocycles. The fraction of sp³-hybridized carbons (Fsp3) is 0. The summed E-state index contributed by atoms with van der Waals surface area (Å²) in [5, 5.41) is 0. The molecule has 66 valence electrons. The predicted molar refractivity (Wildman–Crippen MR) is 63.7 cm³/mol. The first-order chi connectivity index (χ1) is 6.29. The molecule has 0 spiro atoms. The van der Waals surface area contributed by atoms with E-state index in [4.69, 9.17) is 0 Å². The molecule has 0 saturated heterocycles. The van der Waals surface area contributed by atoms with Gasteiger partial charge in [0, 0.05) is 12.3 Å². The van der Waals surface area contributed by atoms with Gasteiger partial charge in [-0.3, -0.25) is 0 Å². The fourth-order valence-corrected chi connectivity index (χ4v) is 2.04. The average molecular weight is 399 g/mol. The van der Waals surface area contributed by atoms with Gasteiger partial charge in [0.25, 0.3) is 0 Å². The van der Waals surface area contributed by atoms with Crippen molar-refractivity contribution in [2.75, 3.05) is 0 Å². The third-order valence-corrected chi connectivity index (χ3v) is 3.05. The van der Waals surface area contributed by atoms with Gasteiger partial charge in [-0.25, -0.2) is 9.97 Å². The van der Waals surface area contributed by atoms with Crippen molar-refractivity contribution in [1.29, 1.82) is 0 Å². The second-order valence-corrected chi connectivity index (χ2v) is 4.47. The van der Waals surface area contributed by atoms with E-state index in [9.17, 15) is 0 Å². The lowest BCUT2D eigenvalue weighted by Gasteiger charge is -1.98. The molecule has 0 unspecified atom stereocenters. The largest absolute Gasteiger partial charge is 0.382 e. The van der Waals surface area contributed by atoms with E-state index in [1.165, 1.54) is 0 Å². The van der Waals surface area contributed by atoms with Crippen molar-refractivity contribution in [1.82, 2.24) is 14.6 Å². The topological polar surface area (TPSA) is 34.6 Å². The number of rotatable bonds is 1. The van der Waals surface area contributed by atoms with Gasteiger partial charge in [0.05, 0.1) is 9.77 Å². The Labute approximate surface area is 103 Å². The van der Waals surface area contributed by atoms with E-state index in [0.29, 0.717) is 0 Å². The molecule has 0 fully saturated rings. The van der Waals surface area contributed by atoms with Crippen molar-refractivity contribution in [3.8, 4) is 5.82 Å². The first kappa shape index (κ1) is 9.31. The number of nitrogens with zero attached hydrogens (tertiary/aromatic N) is 4. The molecule has 0 N–H and O–H groups in total. The van der Waals surface area contributed by atoms with Gasteiger partial charge in [-0.1, -0.05) is 0 Å². The van der Waals surface area contributed by atoms with Crippen LogP contribution in [0.15, 0.2) is 31.0 Å². The van der Waals surface area contributed by atoms with Crippen molar-refractivity contribution in [3.05, 3.63) is 34.6 Å². The first-order valence-corrected chi connectivity index (χ1v) is 5.55. The third-order valence-electron chi connectivity index (χ3n) is 1.51. The van der Waals surface area contributed by atoms with E-state index >= 15 is 0 Å². The monoisotopic (exact) mass is 399 g/mol. The summed E-state index contributed by atoms with van der Waals surface area (Å²) in [6.07, 6.45) is 7.25. The summed E-state index contributed by atoms with van der Waals surface area (Å²) in [5.41, 5.74) is 0. The summed E-state index contributed by atoms with van der Waals surface area (Å²) in [7, 11) is 0. The Morgan fingerprint density at radius 2 is 2.31 bits per heavy atom. The normalized spacial score (nSPS) is 10.3. The highest BCUT2D eigenvalue weighted by atomic mass is 127. The smallest absolute Gasteiger partial charge is 0.244 e. The highest BCUT2D eigenvalue weighted by Gasteiger charge is 2.11. The van der Waals surface area contributed by atoms with Crippen LogP contribution in [0.5, 0.6) is 0 Å². The van der Waals surface area contributed by atoms with E-state index in [1.54, 1.807) is 12.5 Å². The van der Waals surface area contributed by atoms with Crippen LogP contribution in [0.1, 0.15) is 0 Å². The summed E-state index contributed by atoms with van der Waals surface area (Å²) in [6, 6.07) is 1.96. The molecule has 2 aromatic heterocycles. The molecular weight excluding hydrogens is 394 g/mol. The Hall–Kier alpha value is -0.250. The van der Waals surface area contributed by atoms with Crippen molar-refractivity contribution < 1.29 is 2.90 Å². The lowest BCUT2D eigenvalue weighted by Crippen LogP contribution is -2.30. The standard InChI is InChI=1S/C7H5I2N4/c8-6-4-10-5-11-7(6)12-2-1-3-13(12)9/h1-5H/q+1. The van der Waals surface area contributed by atoms with Gasteiger partial charge in [-0.05, 0) is 25.5 Å². The Bertz CT molecular complexity index is 426. The van der Waals surface area contributed by atoms with Gasteiger partial charge in [0.15, 0.2) is 0 Å². The van der Waals surface area contributed by atoms with E-state index in [1.807, 2.05) is 26.0 Å². The van der Waals surface area contributed by atoms with Gasteiger partial charge in [-0.2, -0.15) is 0 Å². The van der Waals surface area contributed by atoms with E-state index in [-0.39, 0.29) is 0 Å². The number of halogens is 2. The number of hydrogen-bond acceptors (Lipinski definition) is 2. The second kappa shape index (κ2) is 3.86. The maximum absolute atomic E-state index is 4.20. The highest BCUT2D eigenvalue weighted by Crippen LogP contribution is 2.10. The summed E-state index contributed by atoms with van der Waals surface area (Å²) >= 11 is 4.41. The van der Waals surface area contributed by atoms with Crippen LogP contribution in [-0.2, 0) is 0 Å². The van der Waals surface area contributed by atoms with E-state index in [0.717, 1.165) is 9.39 Å². The minimum Gasteiger partial charge on any atom is -0.244 e. The van der Waals surface area contributed by atoms with Crippen molar-refractivity contribution in [3.63, 3.8) is 0 Å². The van der Waals surface area contributed by atoms with Gasteiger partial charge in [-0.15, -0.1) is 4.68 Å². The van der Waals surface area contributed by atoms with Gasteiger partial charge in [0.1, 0.15) is 6.33 Å². The number of hydrogen-bond donors (Lipinski definition) is 0. The summed E-state index contributed by atoms with van der Waals surface area (Å²) in [6.45, 7) is 0. The lowest BCUT2D eigenvalue weighted by atomic mass is 10.6. The summed E-state index contributed by atoms with van der Waals surface area (Å²) in [5.74, 6) is 0.898. The van der Waals surface area contributed by atoms with Crippen molar-refractivity contribution in [2.24, 2.45) is 0 Å². The zero-order chi connectivity index (χ0) is 9.26. The van der Waals surface area contributed by atoms with Crippen LogP contribution in [0.3, 0.4) is 0 Å². The molecule has 0 aromatic carbocycles. The minimum atomic E-state index is 0.898. The van der Waals surface area contributed by atoms with Crippen LogP contribution in [0.25, 0.3) is 5.82 Å². The quantitative estimate of drug-likeness (QED) is 0.680. The molecule has 0 amide bonds. The highest BCUT2D eigenvalue weighted by molar-refractivity contribution is 14.1. The van der Waals surface area contributed by atoms with Gasteiger partial charge >= 0.3 is 22.9 Å². The SMILES string of the molecule is Ic1cncnc1-n1ccc[n+]1I. The van der Waals surface area contributed by atoms with E-state index < -0.39 is 0 Å². The zero-order valence-corrected chi connectivity index (χ0v) is 10.7. The van der Waals surface area contributed by atoms with Crippen LogP contribution in [-0.4, -0.2) is 14.6 Å². The molecule has 2 rings (SSSR count). The maximum atomic E-state index is 4.20. The van der Waals surface area contributed by atoms with Crippen LogP contribution < -0.4 is 2.90 Å². The predicted octanol–water partition coefficient (Wildman–Crippen LogP) is 1.36. The second-order valence-electron chi connectivity index (χ2n) is 2.32. The molecule has 0 radical (unpaired) electrons. The minimum absolute atomic E-state index is 0.898. The molecular formula is C7H5I2N4+. The molecule has 2 heterocycles. The average Bonchev–Trinajstić information content (AvgIpc) is 2.52. The summed E-state index contributed by atoms with van der Waals surface area (Å²) < 4.78 is 4.91. The molecule has 0 aliphatic heterocycles. The first-order valence-electron chi connectivity index (χ1n) is 3.50. The Balaban J connectivity index is 2.59. The maximum Gasteiger partial charge on any atom is 0.382 e. The van der Waals surface area contributed by atoms with Gasteiger partial charge < -0.3 is 0 Å². The molecule has 0 atom stereocenters. The molecule has 6 heteroatoms. The molecule has 0 saturated carbocycles. The zero-order valence-electron chi connectivity index (χ0n) is 6.43. The fourth-order valence-electron chi connectivity index (χ4n) is 0.962. The summed E-state index contributed by atoms with van der Waals surface area (Å²) in [4.78, 5) is 8.14. The Kier molecular flexibility index (Phi) is 2.77. The van der Waals surface area contributed by atoms with E-state index in [2.05, 4.69) is 55.4 Å². The van der Waals surface area contributed by atoms with Gasteiger partial charge in [0.2, 0.25) is 12.0 Å². The van der Waals surface area contributed by atoms with Crippen LogP contribution >= 0.6 is 45.5 Å². The molecule has 13 heavy (non-hydrogen) atoms. The van der Waals surface area contributed by atoms with Crippen LogP contribution in [0, 0.1) is 3.57 Å². The third kappa shape index (κ3) is 1.82. The molecule has 4 nitrogen and oxygen atoms in total. The Morgan fingerprint density at radius 1 is 1.46 bits per heavy atom.